The van der Waals surface area contributed by atoms with Gasteiger partial charge in [-0.1, -0.05) is 26.0 Å². The number of carbonyl (C=O) groups excluding carboxylic acids is 1. The van der Waals surface area contributed by atoms with Crippen LogP contribution in [0.15, 0.2) is 47.4 Å². The van der Waals surface area contributed by atoms with E-state index in [1.165, 1.54) is 4.31 Å². The number of amides is 1. The third-order valence-corrected chi connectivity index (χ3v) is 6.19. The molecule has 3 aromatic rings. The van der Waals surface area contributed by atoms with Crippen molar-refractivity contribution < 1.29 is 17.6 Å². The van der Waals surface area contributed by atoms with E-state index < -0.39 is 21.7 Å². The van der Waals surface area contributed by atoms with E-state index in [2.05, 4.69) is 15.3 Å². The van der Waals surface area contributed by atoms with Crippen molar-refractivity contribution in [3.05, 3.63) is 53.8 Å². The highest BCUT2D eigenvalue weighted by Crippen LogP contribution is 2.20. The summed E-state index contributed by atoms with van der Waals surface area (Å²) in [7, 11) is -3.80. The number of aromatic nitrogens is 2. The molecule has 1 aromatic heterocycles. The summed E-state index contributed by atoms with van der Waals surface area (Å²) in [5, 5.41) is 2.47. The minimum absolute atomic E-state index is 0.137. The first-order chi connectivity index (χ1) is 12.9. The third-order valence-electron chi connectivity index (χ3n) is 4.15. The van der Waals surface area contributed by atoms with E-state index in [0.717, 1.165) is 18.2 Å². The minimum atomic E-state index is -3.80. The second-order valence-corrected chi connectivity index (χ2v) is 7.73. The lowest BCUT2D eigenvalue weighted by Crippen LogP contribution is -2.31. The van der Waals surface area contributed by atoms with Crippen LogP contribution in [0.1, 0.15) is 24.2 Å². The Morgan fingerprint density at radius 1 is 1.19 bits per heavy atom. The molecule has 0 fully saturated rings. The van der Waals surface area contributed by atoms with Gasteiger partial charge in [0.15, 0.2) is 0 Å². The number of aromatic amines is 1. The topological polar surface area (TPSA) is 95.2 Å². The SMILES string of the molecule is CCN(CC)S(=O)(=O)c1ccc(F)c(C(=O)Nc2nc3ccccc3[nH]2)c1. The van der Waals surface area contributed by atoms with Crippen molar-refractivity contribution in [1.29, 1.82) is 0 Å². The first-order valence-corrected chi connectivity index (χ1v) is 9.86. The van der Waals surface area contributed by atoms with E-state index in [4.69, 9.17) is 0 Å². The molecule has 0 bridgehead atoms. The van der Waals surface area contributed by atoms with Crippen LogP contribution in [-0.2, 0) is 10.0 Å². The summed E-state index contributed by atoms with van der Waals surface area (Å²) in [4.78, 5) is 19.4. The first kappa shape index (κ1) is 19.0. The Morgan fingerprint density at radius 3 is 2.56 bits per heavy atom. The Balaban J connectivity index is 1.92. The molecule has 0 atom stereocenters. The molecule has 7 nitrogen and oxygen atoms in total. The number of hydrogen-bond donors (Lipinski definition) is 2. The van der Waals surface area contributed by atoms with E-state index in [0.29, 0.717) is 11.0 Å². The van der Waals surface area contributed by atoms with Gasteiger partial charge in [0.2, 0.25) is 16.0 Å². The predicted molar refractivity (Wildman–Crippen MR) is 101 cm³/mol. The van der Waals surface area contributed by atoms with Gasteiger partial charge in [-0.15, -0.1) is 0 Å². The van der Waals surface area contributed by atoms with Crippen LogP contribution in [0.25, 0.3) is 11.0 Å². The third kappa shape index (κ3) is 3.69. The van der Waals surface area contributed by atoms with Crippen LogP contribution in [0.5, 0.6) is 0 Å². The van der Waals surface area contributed by atoms with Crippen LogP contribution >= 0.6 is 0 Å². The quantitative estimate of drug-likeness (QED) is 0.676. The van der Waals surface area contributed by atoms with Gasteiger partial charge >= 0.3 is 0 Å². The van der Waals surface area contributed by atoms with Crippen molar-refractivity contribution in [1.82, 2.24) is 14.3 Å². The number of H-pyrrole nitrogens is 1. The van der Waals surface area contributed by atoms with E-state index in [9.17, 15) is 17.6 Å². The largest absolute Gasteiger partial charge is 0.324 e. The maximum Gasteiger partial charge on any atom is 0.260 e. The average molecular weight is 390 g/mol. The maximum absolute atomic E-state index is 14.2. The normalized spacial score (nSPS) is 11.9. The van der Waals surface area contributed by atoms with Gasteiger partial charge < -0.3 is 4.98 Å². The number of fused-ring (bicyclic) bond motifs is 1. The lowest BCUT2D eigenvalue weighted by atomic mass is 10.2. The molecule has 0 spiro atoms. The molecule has 0 aliphatic carbocycles. The Kier molecular flexibility index (Phi) is 5.24. The monoisotopic (exact) mass is 390 g/mol. The molecule has 142 valence electrons. The average Bonchev–Trinajstić information content (AvgIpc) is 3.04. The number of nitrogens with one attached hydrogen (secondary N) is 2. The van der Waals surface area contributed by atoms with Gasteiger partial charge in [-0.3, -0.25) is 10.1 Å². The number of imidazole rings is 1. The zero-order valence-corrected chi connectivity index (χ0v) is 15.7. The van der Waals surface area contributed by atoms with Crippen LogP contribution < -0.4 is 5.32 Å². The summed E-state index contributed by atoms with van der Waals surface area (Å²) in [5.74, 6) is -1.46. The molecule has 1 amide bonds. The molecular formula is C18H19FN4O3S. The minimum Gasteiger partial charge on any atom is -0.324 e. The van der Waals surface area contributed by atoms with E-state index in [1.54, 1.807) is 32.0 Å². The highest BCUT2D eigenvalue weighted by molar-refractivity contribution is 7.89. The molecule has 0 radical (unpaired) electrons. The molecule has 0 saturated heterocycles. The van der Waals surface area contributed by atoms with Gasteiger partial charge in [-0.2, -0.15) is 4.31 Å². The predicted octanol–water partition coefficient (Wildman–Crippen LogP) is 2.98. The number of rotatable bonds is 6. The summed E-state index contributed by atoms with van der Waals surface area (Å²) in [6.07, 6.45) is 0. The molecule has 27 heavy (non-hydrogen) atoms. The molecule has 0 saturated carbocycles. The number of halogens is 1. The lowest BCUT2D eigenvalue weighted by molar-refractivity contribution is 0.102. The summed E-state index contributed by atoms with van der Waals surface area (Å²) in [6.45, 7) is 3.97. The van der Waals surface area contributed by atoms with Crippen LogP contribution in [0.4, 0.5) is 10.3 Å². The highest BCUT2D eigenvalue weighted by Gasteiger charge is 2.24. The van der Waals surface area contributed by atoms with Gasteiger partial charge in [0.25, 0.3) is 5.91 Å². The molecule has 2 aromatic carbocycles. The molecule has 3 rings (SSSR count). The van der Waals surface area contributed by atoms with E-state index in [-0.39, 0.29) is 29.5 Å². The van der Waals surface area contributed by atoms with E-state index >= 15 is 0 Å². The smallest absolute Gasteiger partial charge is 0.260 e. The summed E-state index contributed by atoms with van der Waals surface area (Å²) >= 11 is 0. The van der Waals surface area contributed by atoms with Crippen molar-refractivity contribution in [2.24, 2.45) is 0 Å². The number of para-hydroxylation sites is 2. The molecule has 0 aliphatic rings. The van der Waals surface area contributed by atoms with Crippen LogP contribution in [0.2, 0.25) is 0 Å². The van der Waals surface area contributed by atoms with E-state index in [1.807, 2.05) is 6.07 Å². The summed E-state index contributed by atoms with van der Waals surface area (Å²) < 4.78 is 40.6. The van der Waals surface area contributed by atoms with Gasteiger partial charge in [0, 0.05) is 13.1 Å². The second-order valence-electron chi connectivity index (χ2n) is 5.79. The molecular weight excluding hydrogens is 371 g/mol. The number of sulfonamides is 1. The standard InChI is InChI=1S/C18H19FN4O3S/c1-3-23(4-2)27(25,26)12-9-10-14(19)13(11-12)17(24)22-18-20-15-7-5-6-8-16(15)21-18/h5-11H,3-4H2,1-2H3,(H2,20,21,22,24). The van der Waals surface area contributed by atoms with Crippen molar-refractivity contribution in [2.45, 2.75) is 18.7 Å². The Labute approximate surface area is 156 Å². The summed E-state index contributed by atoms with van der Waals surface area (Å²) in [6, 6.07) is 10.3. The van der Waals surface area contributed by atoms with Crippen LogP contribution in [-0.4, -0.2) is 41.7 Å². The number of carbonyl (C=O) groups is 1. The van der Waals surface area contributed by atoms with Gasteiger partial charge in [0.1, 0.15) is 5.82 Å². The highest BCUT2D eigenvalue weighted by atomic mass is 32.2. The van der Waals surface area contributed by atoms with Crippen LogP contribution in [0.3, 0.4) is 0 Å². The Bertz CT molecular complexity index is 1060. The van der Waals surface area contributed by atoms with Gasteiger partial charge in [-0.25, -0.2) is 17.8 Å². The Morgan fingerprint density at radius 2 is 1.89 bits per heavy atom. The van der Waals surface area contributed by atoms with Crippen LogP contribution in [0, 0.1) is 5.82 Å². The number of hydrogen-bond acceptors (Lipinski definition) is 4. The van der Waals surface area contributed by atoms with Crippen molar-refractivity contribution in [3.8, 4) is 0 Å². The Hall–Kier alpha value is -2.78. The zero-order valence-electron chi connectivity index (χ0n) is 14.9. The fourth-order valence-corrected chi connectivity index (χ4v) is 4.22. The lowest BCUT2D eigenvalue weighted by Gasteiger charge is -2.18. The number of nitrogens with zero attached hydrogens (tertiary/aromatic N) is 2. The van der Waals surface area contributed by atoms with Crippen molar-refractivity contribution in [2.75, 3.05) is 18.4 Å². The van der Waals surface area contributed by atoms with Crippen molar-refractivity contribution in [3.63, 3.8) is 0 Å². The van der Waals surface area contributed by atoms with Gasteiger partial charge in [0.05, 0.1) is 21.5 Å². The number of anilines is 1. The molecule has 0 unspecified atom stereocenters. The first-order valence-electron chi connectivity index (χ1n) is 8.42. The zero-order chi connectivity index (χ0) is 19.6. The van der Waals surface area contributed by atoms with Crippen molar-refractivity contribution >= 4 is 32.9 Å². The maximum atomic E-state index is 14.2. The fraction of sp³-hybridized carbons (Fsp3) is 0.222. The summed E-state index contributed by atoms with van der Waals surface area (Å²) in [5.41, 5.74) is 0.987. The molecule has 0 aliphatic heterocycles. The fourth-order valence-electron chi connectivity index (χ4n) is 2.74. The molecule has 2 N–H and O–H groups in total. The number of benzene rings is 2. The second kappa shape index (κ2) is 7.45. The molecule has 1 heterocycles. The molecule has 9 heteroatoms. The van der Waals surface area contributed by atoms with Gasteiger partial charge in [-0.05, 0) is 30.3 Å².